The third-order valence-corrected chi connectivity index (χ3v) is 6.17. The van der Waals surface area contributed by atoms with Gasteiger partial charge in [0.05, 0.1) is 36.6 Å². The molecule has 1 heterocycles. The first-order valence-corrected chi connectivity index (χ1v) is 8.79. The molecule has 1 aromatic rings. The molecule has 0 radical (unpaired) electrons. The van der Waals surface area contributed by atoms with Crippen molar-refractivity contribution in [1.29, 1.82) is 0 Å². The highest BCUT2D eigenvalue weighted by Crippen LogP contribution is 2.35. The number of quaternary nitrogens is 1. The molecule has 1 fully saturated rings. The topological polar surface area (TPSA) is 84.9 Å². The minimum atomic E-state index is -4.75. The highest BCUT2D eigenvalue weighted by molar-refractivity contribution is 7.89. The van der Waals surface area contributed by atoms with E-state index in [9.17, 15) is 26.4 Å². The van der Waals surface area contributed by atoms with Gasteiger partial charge >= 0.3 is 6.18 Å². The van der Waals surface area contributed by atoms with Gasteiger partial charge in [-0.25, -0.2) is 8.42 Å². The lowest BCUT2D eigenvalue weighted by Gasteiger charge is -2.34. The molecule has 1 amide bonds. The summed E-state index contributed by atoms with van der Waals surface area (Å²) in [5, 5.41) is 0. The second-order valence-electron chi connectivity index (χ2n) is 5.68. The molecule has 1 aromatic carbocycles. The van der Waals surface area contributed by atoms with Crippen molar-refractivity contribution in [3.8, 4) is 0 Å². The number of nitrogens with one attached hydrogen (secondary N) is 1. The summed E-state index contributed by atoms with van der Waals surface area (Å²) in [5.74, 6) is -0.497. The number of primary amides is 1. The van der Waals surface area contributed by atoms with E-state index in [0.717, 1.165) is 27.4 Å². The zero-order chi connectivity index (χ0) is 18.1. The zero-order valence-corrected chi connectivity index (χ0v) is 13.8. The Morgan fingerprint density at radius 1 is 1.25 bits per heavy atom. The number of piperazine rings is 1. The molecule has 0 unspecified atom stereocenters. The largest absolute Gasteiger partial charge is 0.417 e. The van der Waals surface area contributed by atoms with Crippen LogP contribution in [0, 0.1) is 0 Å². The van der Waals surface area contributed by atoms with E-state index < -0.39 is 38.6 Å². The van der Waals surface area contributed by atoms with Gasteiger partial charge in [-0.2, -0.15) is 17.5 Å². The van der Waals surface area contributed by atoms with Crippen molar-refractivity contribution in [2.24, 2.45) is 5.73 Å². The van der Waals surface area contributed by atoms with Crippen LogP contribution >= 0.6 is 0 Å². The molecular weight excluding hydrogens is 347 g/mol. The van der Waals surface area contributed by atoms with Crippen molar-refractivity contribution in [1.82, 2.24) is 4.31 Å². The van der Waals surface area contributed by atoms with Crippen LogP contribution in [-0.2, 0) is 21.0 Å². The molecule has 1 saturated heterocycles. The van der Waals surface area contributed by atoms with E-state index in [-0.39, 0.29) is 13.1 Å². The van der Waals surface area contributed by atoms with Gasteiger partial charge < -0.3 is 10.6 Å². The lowest BCUT2D eigenvalue weighted by molar-refractivity contribution is -0.917. The molecule has 1 aliphatic heterocycles. The van der Waals surface area contributed by atoms with E-state index in [1.807, 2.05) is 0 Å². The van der Waals surface area contributed by atoms with Gasteiger partial charge in [-0.15, -0.1) is 0 Å². The van der Waals surface area contributed by atoms with Crippen LogP contribution in [-0.4, -0.2) is 50.9 Å². The third-order valence-electron chi connectivity index (χ3n) is 4.21. The predicted molar refractivity (Wildman–Crippen MR) is 79.6 cm³/mol. The van der Waals surface area contributed by atoms with Gasteiger partial charge in [0, 0.05) is 0 Å². The van der Waals surface area contributed by atoms with Crippen molar-refractivity contribution in [3.05, 3.63) is 29.8 Å². The van der Waals surface area contributed by atoms with Crippen molar-refractivity contribution in [2.75, 3.05) is 26.2 Å². The number of hydrogen-bond acceptors (Lipinski definition) is 3. The van der Waals surface area contributed by atoms with Gasteiger partial charge in [0.2, 0.25) is 10.0 Å². The lowest BCUT2D eigenvalue weighted by atomic mass is 10.2. The second kappa shape index (κ2) is 6.69. The molecule has 0 bridgehead atoms. The van der Waals surface area contributed by atoms with Crippen LogP contribution in [0.25, 0.3) is 0 Å². The molecule has 0 aliphatic carbocycles. The van der Waals surface area contributed by atoms with Crippen LogP contribution in [0.15, 0.2) is 29.2 Å². The van der Waals surface area contributed by atoms with E-state index in [2.05, 4.69) is 0 Å². The third kappa shape index (κ3) is 3.70. The number of halogens is 3. The van der Waals surface area contributed by atoms with Crippen LogP contribution in [0.1, 0.15) is 12.5 Å². The maximum absolute atomic E-state index is 13.1. The number of sulfonamides is 1. The van der Waals surface area contributed by atoms with Gasteiger partial charge in [-0.05, 0) is 19.1 Å². The summed E-state index contributed by atoms with van der Waals surface area (Å²) >= 11 is 0. The molecule has 0 aromatic heterocycles. The Kier molecular flexibility index (Phi) is 5.21. The predicted octanol–water partition coefficient (Wildman–Crippen LogP) is -0.532. The quantitative estimate of drug-likeness (QED) is 0.751. The molecule has 10 heteroatoms. The molecule has 0 spiro atoms. The van der Waals surface area contributed by atoms with Gasteiger partial charge in [0.25, 0.3) is 5.91 Å². The summed E-state index contributed by atoms with van der Waals surface area (Å²) in [6.45, 7) is 2.30. The van der Waals surface area contributed by atoms with E-state index in [1.165, 1.54) is 6.07 Å². The highest BCUT2D eigenvalue weighted by atomic mass is 32.2. The molecule has 6 nitrogen and oxygen atoms in total. The van der Waals surface area contributed by atoms with Crippen molar-refractivity contribution >= 4 is 15.9 Å². The minimum Gasteiger partial charge on any atom is -0.365 e. The molecule has 1 aliphatic rings. The second-order valence-corrected chi connectivity index (χ2v) is 7.59. The first kappa shape index (κ1) is 18.7. The van der Waals surface area contributed by atoms with Crippen LogP contribution in [0.4, 0.5) is 13.2 Å². The SMILES string of the molecule is C[C@H](C(N)=O)[NH+]1CCN(S(=O)(=O)c2ccccc2C(F)(F)F)CC1. The first-order valence-electron chi connectivity index (χ1n) is 7.35. The fourth-order valence-electron chi connectivity index (χ4n) is 2.71. The standard InChI is InChI=1S/C14H18F3N3O3S/c1-10(13(18)21)19-6-8-20(9-7-19)24(22,23)12-5-3-2-4-11(12)14(15,16)17/h2-5,10H,6-9H2,1H3,(H2,18,21)/p+1/t10-/m1/s1. The minimum absolute atomic E-state index is 0.0292. The number of nitrogens with zero attached hydrogens (tertiary/aromatic N) is 1. The maximum Gasteiger partial charge on any atom is 0.417 e. The lowest BCUT2D eigenvalue weighted by Crippen LogP contribution is -3.19. The summed E-state index contributed by atoms with van der Waals surface area (Å²) in [6, 6.07) is 3.65. The Balaban J connectivity index is 2.24. The zero-order valence-electron chi connectivity index (χ0n) is 13.0. The summed E-state index contributed by atoms with van der Waals surface area (Å²) in [4.78, 5) is 11.3. The number of carbonyl (C=O) groups is 1. The number of alkyl halides is 3. The van der Waals surface area contributed by atoms with Gasteiger partial charge in [-0.1, -0.05) is 12.1 Å². The van der Waals surface area contributed by atoms with Crippen LogP contribution in [0.5, 0.6) is 0 Å². The summed E-state index contributed by atoms with van der Waals surface area (Å²) in [7, 11) is -4.26. The van der Waals surface area contributed by atoms with Crippen LogP contribution in [0.3, 0.4) is 0 Å². The van der Waals surface area contributed by atoms with Crippen molar-refractivity contribution in [3.63, 3.8) is 0 Å². The van der Waals surface area contributed by atoms with E-state index >= 15 is 0 Å². The van der Waals surface area contributed by atoms with E-state index in [1.54, 1.807) is 6.92 Å². The fraction of sp³-hybridized carbons (Fsp3) is 0.500. The smallest absolute Gasteiger partial charge is 0.365 e. The molecule has 134 valence electrons. The number of amides is 1. The molecular formula is C14H19F3N3O3S+. The monoisotopic (exact) mass is 366 g/mol. The number of rotatable bonds is 4. The van der Waals surface area contributed by atoms with Crippen LogP contribution < -0.4 is 10.6 Å². The van der Waals surface area contributed by atoms with Gasteiger partial charge in [-0.3, -0.25) is 4.79 Å². The fourth-order valence-corrected chi connectivity index (χ4v) is 4.37. The average Bonchev–Trinajstić information content (AvgIpc) is 2.53. The number of benzene rings is 1. The number of carbonyl (C=O) groups excluding carboxylic acids is 1. The van der Waals surface area contributed by atoms with Crippen molar-refractivity contribution in [2.45, 2.75) is 24.0 Å². The Morgan fingerprint density at radius 3 is 2.29 bits per heavy atom. The molecule has 2 rings (SSSR count). The van der Waals surface area contributed by atoms with Crippen LogP contribution in [0.2, 0.25) is 0 Å². The van der Waals surface area contributed by atoms with Gasteiger partial charge in [0.15, 0.2) is 6.04 Å². The average molecular weight is 366 g/mol. The summed E-state index contributed by atoms with van der Waals surface area (Å²) in [5.41, 5.74) is 4.05. The number of nitrogens with two attached hydrogens (primary N) is 1. The Bertz CT molecular complexity index is 713. The molecule has 24 heavy (non-hydrogen) atoms. The normalized spacial score (nSPS) is 19.2. The highest BCUT2D eigenvalue weighted by Gasteiger charge is 2.40. The summed E-state index contributed by atoms with van der Waals surface area (Å²) < 4.78 is 65.4. The Labute approximate surface area is 138 Å². The summed E-state index contributed by atoms with van der Waals surface area (Å²) in [6.07, 6.45) is -4.75. The molecule has 0 saturated carbocycles. The Morgan fingerprint density at radius 2 is 1.79 bits per heavy atom. The first-order chi connectivity index (χ1) is 11.0. The molecule has 1 atom stereocenters. The van der Waals surface area contributed by atoms with Crippen molar-refractivity contribution < 1.29 is 31.3 Å². The Hall–Kier alpha value is -1.65. The van der Waals surface area contributed by atoms with Gasteiger partial charge in [0.1, 0.15) is 0 Å². The van der Waals surface area contributed by atoms with E-state index in [4.69, 9.17) is 5.73 Å². The van der Waals surface area contributed by atoms with E-state index in [0.29, 0.717) is 13.1 Å². The molecule has 3 N–H and O–H groups in total. The maximum atomic E-state index is 13.1. The number of hydrogen-bond donors (Lipinski definition) is 2.